The van der Waals surface area contributed by atoms with Gasteiger partial charge in [0.25, 0.3) is 0 Å². The van der Waals surface area contributed by atoms with Crippen LogP contribution in [0.4, 0.5) is 0 Å². The van der Waals surface area contributed by atoms with Gasteiger partial charge in [-0.15, -0.1) is 0 Å². The van der Waals surface area contributed by atoms with Crippen molar-refractivity contribution in [3.63, 3.8) is 0 Å². The third-order valence-corrected chi connectivity index (χ3v) is 12.0. The summed E-state index contributed by atoms with van der Waals surface area (Å²) in [6, 6.07) is 92.5. The fraction of sp³-hybridized carbons (Fsp3) is 0.0339. The van der Waals surface area contributed by atoms with Crippen molar-refractivity contribution >= 4 is 0 Å². The molecule has 0 spiro atoms. The highest BCUT2D eigenvalue weighted by molar-refractivity contribution is 5.71. The van der Waals surface area contributed by atoms with Crippen molar-refractivity contribution in [3.8, 4) is 34.2 Å². The minimum absolute atomic E-state index is 0.602. The molecule has 0 atom stereocenters. The molecule has 0 aliphatic rings. The molecule has 62 heavy (non-hydrogen) atoms. The SMILES string of the molecule is c1ccc(-c2nc(-c3cccc(C(c4ccccc4)(c4ccccc4)c4ccccc4)c3)nc(-c3cccc(C(c4ccccc4)(c4ccccc4)c4ccccc4)c3)n2)cc1. The summed E-state index contributed by atoms with van der Waals surface area (Å²) in [6.07, 6.45) is 0. The summed E-state index contributed by atoms with van der Waals surface area (Å²) >= 11 is 0. The molecule has 0 aliphatic heterocycles. The van der Waals surface area contributed by atoms with Crippen LogP contribution >= 0.6 is 0 Å². The first-order valence-corrected chi connectivity index (χ1v) is 21.1. The summed E-state index contributed by atoms with van der Waals surface area (Å²) in [7, 11) is 0. The minimum atomic E-state index is -0.623. The van der Waals surface area contributed by atoms with Crippen molar-refractivity contribution in [3.05, 3.63) is 305 Å². The molecule has 10 rings (SSSR count). The number of hydrogen-bond acceptors (Lipinski definition) is 3. The lowest BCUT2D eigenvalue weighted by atomic mass is 9.65. The zero-order valence-electron chi connectivity index (χ0n) is 34.2. The Bertz CT molecular complexity index is 2650. The van der Waals surface area contributed by atoms with Crippen molar-refractivity contribution in [1.82, 2.24) is 15.0 Å². The third kappa shape index (κ3) is 6.90. The van der Waals surface area contributed by atoms with Gasteiger partial charge in [0.1, 0.15) is 0 Å². The van der Waals surface area contributed by atoms with E-state index in [4.69, 9.17) is 15.0 Å². The van der Waals surface area contributed by atoms with Gasteiger partial charge in [-0.05, 0) is 56.6 Å². The van der Waals surface area contributed by atoms with E-state index in [0.717, 1.165) is 27.8 Å². The summed E-state index contributed by atoms with van der Waals surface area (Å²) in [5, 5.41) is 0. The highest BCUT2D eigenvalue weighted by atomic mass is 15.0. The lowest BCUT2D eigenvalue weighted by molar-refractivity contribution is 0.745. The maximum absolute atomic E-state index is 5.36. The van der Waals surface area contributed by atoms with Gasteiger partial charge in [0, 0.05) is 16.7 Å². The second-order valence-corrected chi connectivity index (χ2v) is 15.5. The molecule has 0 amide bonds. The van der Waals surface area contributed by atoms with E-state index in [0.29, 0.717) is 17.5 Å². The first-order chi connectivity index (χ1) is 30.7. The smallest absolute Gasteiger partial charge is 0.164 e. The fourth-order valence-corrected chi connectivity index (χ4v) is 9.26. The Morgan fingerprint density at radius 1 is 0.194 bits per heavy atom. The zero-order valence-corrected chi connectivity index (χ0v) is 34.2. The Morgan fingerprint density at radius 2 is 0.403 bits per heavy atom. The molecule has 0 unspecified atom stereocenters. The molecule has 3 nitrogen and oxygen atoms in total. The Morgan fingerprint density at radius 3 is 0.677 bits per heavy atom. The maximum atomic E-state index is 5.36. The number of nitrogens with zero attached hydrogens (tertiary/aromatic N) is 3. The van der Waals surface area contributed by atoms with Gasteiger partial charge in [-0.3, -0.25) is 0 Å². The summed E-state index contributed by atoms with van der Waals surface area (Å²) in [4.78, 5) is 15.8. The number of benzene rings is 9. The molecule has 0 saturated heterocycles. The third-order valence-electron chi connectivity index (χ3n) is 12.0. The number of hydrogen-bond donors (Lipinski definition) is 0. The monoisotopic (exact) mass is 793 g/mol. The van der Waals surface area contributed by atoms with Crippen molar-refractivity contribution in [1.29, 1.82) is 0 Å². The number of aromatic nitrogens is 3. The lowest BCUT2D eigenvalue weighted by Crippen LogP contribution is -2.31. The average Bonchev–Trinajstić information content (AvgIpc) is 3.37. The van der Waals surface area contributed by atoms with Crippen LogP contribution in [0.1, 0.15) is 44.5 Å². The van der Waals surface area contributed by atoms with E-state index < -0.39 is 10.8 Å². The molecular weight excluding hydrogens is 751 g/mol. The van der Waals surface area contributed by atoms with Crippen LogP contribution in [0.25, 0.3) is 34.2 Å². The Balaban J connectivity index is 1.20. The minimum Gasteiger partial charge on any atom is -0.208 e. The van der Waals surface area contributed by atoms with E-state index in [9.17, 15) is 0 Å². The topological polar surface area (TPSA) is 38.7 Å². The van der Waals surface area contributed by atoms with Crippen LogP contribution in [-0.4, -0.2) is 15.0 Å². The van der Waals surface area contributed by atoms with Crippen molar-refractivity contribution in [2.24, 2.45) is 0 Å². The quantitative estimate of drug-likeness (QED) is 0.122. The van der Waals surface area contributed by atoms with E-state index in [2.05, 4.69) is 243 Å². The summed E-state index contributed by atoms with van der Waals surface area (Å²) in [5.74, 6) is 1.82. The summed E-state index contributed by atoms with van der Waals surface area (Å²) in [5.41, 5.74) is 10.7. The lowest BCUT2D eigenvalue weighted by Gasteiger charge is -2.37. The Labute approximate surface area is 363 Å². The van der Waals surface area contributed by atoms with Gasteiger partial charge in [0.15, 0.2) is 17.5 Å². The van der Waals surface area contributed by atoms with E-state index >= 15 is 0 Å². The molecular formula is C59H43N3. The van der Waals surface area contributed by atoms with Gasteiger partial charge in [-0.2, -0.15) is 0 Å². The molecule has 0 N–H and O–H groups in total. The van der Waals surface area contributed by atoms with Crippen LogP contribution in [-0.2, 0) is 10.8 Å². The maximum Gasteiger partial charge on any atom is 0.164 e. The molecule has 9 aromatic carbocycles. The molecule has 3 heteroatoms. The molecule has 0 fully saturated rings. The van der Waals surface area contributed by atoms with Crippen LogP contribution in [0.5, 0.6) is 0 Å². The van der Waals surface area contributed by atoms with E-state index in [-0.39, 0.29) is 0 Å². The van der Waals surface area contributed by atoms with Crippen LogP contribution in [0.15, 0.2) is 261 Å². The van der Waals surface area contributed by atoms with Crippen LogP contribution < -0.4 is 0 Å². The van der Waals surface area contributed by atoms with E-state index in [1.54, 1.807) is 0 Å². The fourth-order valence-electron chi connectivity index (χ4n) is 9.26. The van der Waals surface area contributed by atoms with Crippen LogP contribution in [0.3, 0.4) is 0 Å². The molecule has 294 valence electrons. The molecule has 1 heterocycles. The Hall–Kier alpha value is -8.01. The summed E-state index contributed by atoms with van der Waals surface area (Å²) < 4.78 is 0. The molecule has 10 aromatic rings. The highest BCUT2D eigenvalue weighted by Gasteiger charge is 2.40. The second-order valence-electron chi connectivity index (χ2n) is 15.5. The zero-order chi connectivity index (χ0) is 41.6. The summed E-state index contributed by atoms with van der Waals surface area (Å²) in [6.45, 7) is 0. The molecule has 0 aliphatic carbocycles. The van der Waals surface area contributed by atoms with E-state index in [1.807, 2.05) is 18.2 Å². The predicted molar refractivity (Wildman–Crippen MR) is 253 cm³/mol. The Kier molecular flexibility index (Phi) is 10.4. The molecule has 0 radical (unpaired) electrons. The van der Waals surface area contributed by atoms with Gasteiger partial charge >= 0.3 is 0 Å². The van der Waals surface area contributed by atoms with Gasteiger partial charge in [-0.25, -0.2) is 15.0 Å². The highest BCUT2D eigenvalue weighted by Crippen LogP contribution is 2.47. The molecule has 0 saturated carbocycles. The van der Waals surface area contributed by atoms with Crippen molar-refractivity contribution in [2.75, 3.05) is 0 Å². The van der Waals surface area contributed by atoms with Gasteiger partial charge in [0.2, 0.25) is 0 Å². The number of rotatable bonds is 11. The van der Waals surface area contributed by atoms with Gasteiger partial charge in [0.05, 0.1) is 10.8 Å². The standard InChI is InChI=1S/C59H43N3/c1-8-24-44(25-9-1)55-60-56(45-26-22-40-53(42-45)58(47-28-10-2-11-29-47,48-30-12-3-13-31-48)49-32-14-4-15-33-49)62-57(61-55)46-27-23-41-54(43-46)59(50-34-16-5-17-35-50,51-36-18-6-19-37-51)52-38-20-7-21-39-52/h1-43H. The van der Waals surface area contributed by atoms with Crippen LogP contribution in [0, 0.1) is 0 Å². The first kappa shape index (κ1) is 38.2. The van der Waals surface area contributed by atoms with Gasteiger partial charge in [-0.1, -0.05) is 249 Å². The van der Waals surface area contributed by atoms with Crippen molar-refractivity contribution < 1.29 is 0 Å². The second kappa shape index (κ2) is 16.9. The normalized spacial score (nSPS) is 11.5. The average molecular weight is 794 g/mol. The molecule has 0 bridgehead atoms. The van der Waals surface area contributed by atoms with E-state index in [1.165, 1.54) is 33.4 Å². The first-order valence-electron chi connectivity index (χ1n) is 21.1. The van der Waals surface area contributed by atoms with Crippen molar-refractivity contribution in [2.45, 2.75) is 10.8 Å². The predicted octanol–water partition coefficient (Wildman–Crippen LogP) is 13.6. The molecule has 1 aromatic heterocycles. The van der Waals surface area contributed by atoms with Crippen LogP contribution in [0.2, 0.25) is 0 Å². The van der Waals surface area contributed by atoms with Gasteiger partial charge < -0.3 is 0 Å². The largest absolute Gasteiger partial charge is 0.208 e.